The molecule has 126 valence electrons. The first-order chi connectivity index (χ1) is 11.3. The van der Waals surface area contributed by atoms with Crippen molar-refractivity contribution in [2.24, 2.45) is 0 Å². The van der Waals surface area contributed by atoms with Crippen LogP contribution in [0.5, 0.6) is 0 Å². The topological polar surface area (TPSA) is 63.6 Å². The highest BCUT2D eigenvalue weighted by Gasteiger charge is 2.23. The van der Waals surface area contributed by atoms with Crippen LogP contribution in [0, 0.1) is 0 Å². The van der Waals surface area contributed by atoms with Crippen LogP contribution in [-0.4, -0.2) is 22.6 Å². The molecule has 0 amide bonds. The second-order valence-electron chi connectivity index (χ2n) is 6.68. The summed E-state index contributed by atoms with van der Waals surface area (Å²) in [6.07, 6.45) is 0.157. The summed E-state index contributed by atoms with van der Waals surface area (Å²) in [6.45, 7) is 5.48. The van der Waals surface area contributed by atoms with Crippen LogP contribution in [-0.2, 0) is 9.53 Å². The Hall–Kier alpha value is -2.62. The van der Waals surface area contributed by atoms with E-state index in [2.05, 4.69) is 0 Å². The van der Waals surface area contributed by atoms with Crippen molar-refractivity contribution in [3.63, 3.8) is 0 Å². The number of esters is 1. The smallest absolute Gasteiger partial charge is 0.335 e. The van der Waals surface area contributed by atoms with Crippen LogP contribution in [0.25, 0.3) is 0 Å². The van der Waals surface area contributed by atoms with Crippen molar-refractivity contribution in [2.45, 2.75) is 38.7 Å². The largest absolute Gasteiger partial charge is 0.478 e. The van der Waals surface area contributed by atoms with E-state index in [4.69, 9.17) is 4.74 Å². The minimum absolute atomic E-state index is 0.157. The molecule has 0 aromatic heterocycles. The zero-order valence-corrected chi connectivity index (χ0v) is 14.2. The first-order valence-corrected chi connectivity index (χ1v) is 7.86. The van der Waals surface area contributed by atoms with Gasteiger partial charge in [0.15, 0.2) is 0 Å². The molecule has 1 N–H and O–H groups in total. The van der Waals surface area contributed by atoms with Gasteiger partial charge in [0.25, 0.3) is 0 Å². The lowest BCUT2D eigenvalue weighted by atomic mass is 9.87. The lowest BCUT2D eigenvalue weighted by Crippen LogP contribution is -2.25. The fourth-order valence-corrected chi connectivity index (χ4v) is 2.55. The van der Waals surface area contributed by atoms with Crippen LogP contribution in [0.3, 0.4) is 0 Å². The number of ether oxygens (including phenoxy) is 1. The third-order valence-corrected chi connectivity index (χ3v) is 3.53. The van der Waals surface area contributed by atoms with Crippen LogP contribution in [0.1, 0.15) is 54.6 Å². The molecule has 0 aliphatic heterocycles. The second kappa shape index (κ2) is 7.30. The summed E-state index contributed by atoms with van der Waals surface area (Å²) in [7, 11) is 0. The maximum atomic E-state index is 12.3. The average molecular weight is 326 g/mol. The third-order valence-electron chi connectivity index (χ3n) is 3.53. The quantitative estimate of drug-likeness (QED) is 0.834. The Kier molecular flexibility index (Phi) is 5.39. The van der Waals surface area contributed by atoms with E-state index >= 15 is 0 Å². The normalized spacial score (nSPS) is 12.5. The van der Waals surface area contributed by atoms with E-state index in [-0.39, 0.29) is 23.9 Å². The molecule has 0 unspecified atom stereocenters. The van der Waals surface area contributed by atoms with Gasteiger partial charge in [-0.25, -0.2) is 4.79 Å². The molecule has 4 heteroatoms. The highest BCUT2D eigenvalue weighted by molar-refractivity contribution is 5.87. The number of carboxylic acids is 1. The monoisotopic (exact) mass is 326 g/mol. The van der Waals surface area contributed by atoms with Gasteiger partial charge in [-0.2, -0.15) is 0 Å². The third kappa shape index (κ3) is 4.95. The van der Waals surface area contributed by atoms with Gasteiger partial charge in [0.05, 0.1) is 12.0 Å². The first-order valence-electron chi connectivity index (χ1n) is 7.86. The van der Waals surface area contributed by atoms with E-state index in [1.54, 1.807) is 18.2 Å². The van der Waals surface area contributed by atoms with Crippen LogP contribution in [0.2, 0.25) is 0 Å². The van der Waals surface area contributed by atoms with E-state index < -0.39 is 11.6 Å². The van der Waals surface area contributed by atoms with Gasteiger partial charge in [-0.1, -0.05) is 42.5 Å². The van der Waals surface area contributed by atoms with Gasteiger partial charge in [-0.05, 0) is 44.0 Å². The number of hydrogen-bond acceptors (Lipinski definition) is 3. The molecule has 0 radical (unpaired) electrons. The fourth-order valence-electron chi connectivity index (χ4n) is 2.55. The highest BCUT2D eigenvalue weighted by Crippen LogP contribution is 2.29. The molecule has 1 atom stereocenters. The maximum absolute atomic E-state index is 12.3. The van der Waals surface area contributed by atoms with E-state index in [0.717, 1.165) is 11.1 Å². The number of aromatic carboxylic acids is 1. The molecule has 0 saturated heterocycles. The lowest BCUT2D eigenvalue weighted by molar-refractivity contribution is -0.155. The first kappa shape index (κ1) is 17.7. The number of carboxylic acid groups (broad SMARTS) is 1. The molecule has 2 aromatic carbocycles. The summed E-state index contributed by atoms with van der Waals surface area (Å²) in [4.78, 5) is 23.5. The molecule has 4 nitrogen and oxygen atoms in total. The second-order valence-corrected chi connectivity index (χ2v) is 6.68. The average Bonchev–Trinajstić information content (AvgIpc) is 2.52. The SMILES string of the molecule is CC(C)(C)OC(=O)C[C@@H](c1ccccc1)c1cccc(C(=O)O)c1. The van der Waals surface area contributed by atoms with Gasteiger partial charge in [0.1, 0.15) is 5.60 Å². The van der Waals surface area contributed by atoms with Gasteiger partial charge < -0.3 is 9.84 Å². The number of carbonyl (C=O) groups excluding carboxylic acids is 1. The van der Waals surface area contributed by atoms with Crippen molar-refractivity contribution in [2.75, 3.05) is 0 Å². The molecule has 0 fully saturated rings. The Morgan fingerprint density at radius 3 is 2.21 bits per heavy atom. The molecule has 24 heavy (non-hydrogen) atoms. The van der Waals surface area contributed by atoms with E-state index in [1.165, 1.54) is 0 Å². The highest BCUT2D eigenvalue weighted by atomic mass is 16.6. The van der Waals surface area contributed by atoms with E-state index in [0.29, 0.717) is 0 Å². The zero-order chi connectivity index (χ0) is 17.7. The van der Waals surface area contributed by atoms with Crippen molar-refractivity contribution >= 4 is 11.9 Å². The van der Waals surface area contributed by atoms with Gasteiger partial charge in [-0.15, -0.1) is 0 Å². The molecule has 0 aliphatic carbocycles. The lowest BCUT2D eigenvalue weighted by Gasteiger charge is -2.23. The number of rotatable bonds is 5. The molecule has 0 saturated carbocycles. The minimum Gasteiger partial charge on any atom is -0.478 e. The fraction of sp³-hybridized carbons (Fsp3) is 0.300. The zero-order valence-electron chi connectivity index (χ0n) is 14.2. The molecule has 0 aliphatic rings. The van der Waals surface area contributed by atoms with Gasteiger partial charge in [-0.3, -0.25) is 4.79 Å². The Balaban J connectivity index is 2.35. The molecule has 0 spiro atoms. The summed E-state index contributed by atoms with van der Waals surface area (Å²) in [5.41, 5.74) is 1.39. The van der Waals surface area contributed by atoms with E-state index in [1.807, 2.05) is 57.2 Å². The molecule has 2 rings (SSSR count). The standard InChI is InChI=1S/C20H22O4/c1-20(2,3)24-18(21)13-17(14-8-5-4-6-9-14)15-10-7-11-16(12-15)19(22)23/h4-12,17H,13H2,1-3H3,(H,22,23)/t17-/m0/s1. The molecular formula is C20H22O4. The molecule has 2 aromatic rings. The van der Waals surface area contributed by atoms with Crippen molar-refractivity contribution in [3.8, 4) is 0 Å². The van der Waals surface area contributed by atoms with Crippen molar-refractivity contribution < 1.29 is 19.4 Å². The minimum atomic E-state index is -0.985. The van der Waals surface area contributed by atoms with E-state index in [9.17, 15) is 14.7 Å². The summed E-state index contributed by atoms with van der Waals surface area (Å²) in [5, 5.41) is 9.20. The Morgan fingerprint density at radius 1 is 1.00 bits per heavy atom. The van der Waals surface area contributed by atoms with Crippen molar-refractivity contribution in [1.29, 1.82) is 0 Å². The van der Waals surface area contributed by atoms with Crippen LogP contribution in [0.15, 0.2) is 54.6 Å². The van der Waals surface area contributed by atoms with Crippen molar-refractivity contribution in [1.82, 2.24) is 0 Å². The number of benzene rings is 2. The van der Waals surface area contributed by atoms with Crippen LogP contribution in [0.4, 0.5) is 0 Å². The number of carbonyl (C=O) groups is 2. The van der Waals surface area contributed by atoms with Crippen LogP contribution >= 0.6 is 0 Å². The maximum Gasteiger partial charge on any atom is 0.335 e. The van der Waals surface area contributed by atoms with Crippen molar-refractivity contribution in [3.05, 3.63) is 71.3 Å². The predicted molar refractivity (Wildman–Crippen MR) is 92.1 cm³/mol. The van der Waals surface area contributed by atoms with Gasteiger partial charge in [0.2, 0.25) is 0 Å². The summed E-state index contributed by atoms with van der Waals surface area (Å²) < 4.78 is 5.43. The Bertz CT molecular complexity index is 714. The Morgan fingerprint density at radius 2 is 1.62 bits per heavy atom. The predicted octanol–water partition coefficient (Wildman–Crippen LogP) is 4.25. The molecular weight excluding hydrogens is 304 g/mol. The van der Waals surface area contributed by atoms with Gasteiger partial charge in [0, 0.05) is 5.92 Å². The molecule has 0 heterocycles. The molecule has 0 bridgehead atoms. The number of hydrogen-bond donors (Lipinski definition) is 1. The summed E-state index contributed by atoms with van der Waals surface area (Å²) >= 11 is 0. The summed E-state index contributed by atoms with van der Waals surface area (Å²) in [6, 6.07) is 16.3. The Labute approximate surface area is 142 Å². The summed E-state index contributed by atoms with van der Waals surface area (Å²) in [5.74, 6) is -1.54. The van der Waals surface area contributed by atoms with Gasteiger partial charge >= 0.3 is 11.9 Å². The van der Waals surface area contributed by atoms with Crippen LogP contribution < -0.4 is 0 Å².